The first-order chi connectivity index (χ1) is 11.5. The Labute approximate surface area is 145 Å². The molecule has 0 aliphatic rings. The van der Waals surface area contributed by atoms with Gasteiger partial charge < -0.3 is 14.0 Å². The van der Waals surface area contributed by atoms with Crippen LogP contribution >= 0.6 is 11.3 Å². The van der Waals surface area contributed by atoms with E-state index in [1.54, 1.807) is 37.2 Å². The molecule has 0 fully saturated rings. The number of fused-ring (bicyclic) bond motifs is 1. The maximum atomic E-state index is 12.3. The highest BCUT2D eigenvalue weighted by atomic mass is 32.1. The third-order valence-corrected chi connectivity index (χ3v) is 5.16. The van der Waals surface area contributed by atoms with Crippen molar-refractivity contribution in [1.29, 1.82) is 0 Å². The Bertz CT molecular complexity index is 928. The molecule has 3 rings (SSSR count). The molecule has 0 N–H and O–H groups in total. The van der Waals surface area contributed by atoms with Crippen molar-refractivity contribution in [2.75, 3.05) is 14.2 Å². The molecule has 0 unspecified atom stereocenters. The van der Waals surface area contributed by atoms with E-state index in [2.05, 4.69) is 13.8 Å². The van der Waals surface area contributed by atoms with Crippen LogP contribution in [0.5, 0.6) is 11.5 Å². The van der Waals surface area contributed by atoms with Crippen molar-refractivity contribution in [1.82, 2.24) is 4.57 Å². The Balaban J connectivity index is 2.33. The monoisotopic (exact) mass is 343 g/mol. The molecule has 24 heavy (non-hydrogen) atoms. The van der Waals surface area contributed by atoms with Gasteiger partial charge in [0.1, 0.15) is 11.5 Å². The van der Waals surface area contributed by atoms with Crippen molar-refractivity contribution in [2.24, 2.45) is 7.05 Å². The SMILES string of the molecule is COc1cc(-c2cn(C)c(=O)c3ccsc23)cc(OC)c1C(C)C. The van der Waals surface area contributed by atoms with Crippen LogP contribution in [0, 0.1) is 0 Å². The Morgan fingerprint density at radius 2 is 1.75 bits per heavy atom. The third-order valence-electron chi connectivity index (χ3n) is 4.22. The second-order valence-corrected chi connectivity index (χ2v) is 6.99. The fourth-order valence-electron chi connectivity index (χ4n) is 3.06. The molecule has 5 heteroatoms. The Kier molecular flexibility index (Phi) is 4.37. The quantitative estimate of drug-likeness (QED) is 0.704. The highest BCUT2D eigenvalue weighted by Crippen LogP contribution is 2.41. The lowest BCUT2D eigenvalue weighted by Gasteiger charge is -2.18. The van der Waals surface area contributed by atoms with E-state index < -0.39 is 0 Å². The van der Waals surface area contributed by atoms with Crippen LogP contribution in [0.25, 0.3) is 21.2 Å². The second kappa shape index (κ2) is 6.32. The normalized spacial score (nSPS) is 11.2. The summed E-state index contributed by atoms with van der Waals surface area (Å²) in [6.07, 6.45) is 1.88. The number of hydrogen-bond acceptors (Lipinski definition) is 4. The zero-order valence-electron chi connectivity index (χ0n) is 14.5. The van der Waals surface area contributed by atoms with Crippen LogP contribution in [0.3, 0.4) is 0 Å². The molecule has 3 aromatic rings. The summed E-state index contributed by atoms with van der Waals surface area (Å²) in [7, 11) is 5.12. The predicted molar refractivity (Wildman–Crippen MR) is 99.7 cm³/mol. The van der Waals surface area contributed by atoms with Gasteiger partial charge in [-0.15, -0.1) is 11.3 Å². The second-order valence-electron chi connectivity index (χ2n) is 6.07. The van der Waals surface area contributed by atoms with Gasteiger partial charge in [0, 0.05) is 29.1 Å². The van der Waals surface area contributed by atoms with E-state index in [9.17, 15) is 4.79 Å². The van der Waals surface area contributed by atoms with Gasteiger partial charge in [0.05, 0.1) is 19.6 Å². The molecule has 0 radical (unpaired) electrons. The van der Waals surface area contributed by atoms with Crippen molar-refractivity contribution in [3.05, 3.63) is 45.7 Å². The molecule has 2 heterocycles. The van der Waals surface area contributed by atoms with Gasteiger partial charge in [0.2, 0.25) is 0 Å². The molecule has 0 saturated heterocycles. The van der Waals surface area contributed by atoms with Crippen molar-refractivity contribution in [3.63, 3.8) is 0 Å². The van der Waals surface area contributed by atoms with Crippen LogP contribution in [-0.4, -0.2) is 18.8 Å². The van der Waals surface area contributed by atoms with Crippen LogP contribution in [0.1, 0.15) is 25.3 Å². The van der Waals surface area contributed by atoms with Gasteiger partial charge in [-0.05, 0) is 35.1 Å². The summed E-state index contributed by atoms with van der Waals surface area (Å²) in [4.78, 5) is 12.3. The van der Waals surface area contributed by atoms with E-state index in [0.717, 1.165) is 38.3 Å². The maximum Gasteiger partial charge on any atom is 0.259 e. The average Bonchev–Trinajstić information content (AvgIpc) is 3.06. The van der Waals surface area contributed by atoms with Gasteiger partial charge >= 0.3 is 0 Å². The van der Waals surface area contributed by atoms with E-state index in [1.165, 1.54) is 0 Å². The zero-order valence-corrected chi connectivity index (χ0v) is 15.4. The highest BCUT2D eigenvalue weighted by Gasteiger charge is 2.18. The number of aromatic nitrogens is 1. The van der Waals surface area contributed by atoms with Gasteiger partial charge in [0.15, 0.2) is 0 Å². The fourth-order valence-corrected chi connectivity index (χ4v) is 3.98. The molecule has 0 spiro atoms. The summed E-state index contributed by atoms with van der Waals surface area (Å²) >= 11 is 1.57. The Morgan fingerprint density at radius 3 is 2.29 bits per heavy atom. The van der Waals surface area contributed by atoms with Gasteiger partial charge in [-0.2, -0.15) is 0 Å². The van der Waals surface area contributed by atoms with Crippen LogP contribution in [0.2, 0.25) is 0 Å². The minimum absolute atomic E-state index is 0.0210. The third kappa shape index (κ3) is 2.59. The molecule has 0 atom stereocenters. The molecule has 2 aromatic heterocycles. The number of pyridine rings is 1. The van der Waals surface area contributed by atoms with E-state index in [0.29, 0.717) is 0 Å². The summed E-state index contributed by atoms with van der Waals surface area (Å²) in [5.74, 6) is 1.89. The summed E-state index contributed by atoms with van der Waals surface area (Å²) in [6, 6.07) is 5.93. The maximum absolute atomic E-state index is 12.3. The largest absolute Gasteiger partial charge is 0.496 e. The van der Waals surface area contributed by atoms with Crippen molar-refractivity contribution in [2.45, 2.75) is 19.8 Å². The molecule has 0 saturated carbocycles. The van der Waals surface area contributed by atoms with Gasteiger partial charge in [0.25, 0.3) is 5.56 Å². The standard InChI is InChI=1S/C19H21NO3S/c1-11(2)17-15(22-4)8-12(9-16(17)23-5)14-10-20(3)19(21)13-6-7-24-18(13)14/h6-11H,1-5H3. The Hall–Kier alpha value is -2.27. The van der Waals surface area contributed by atoms with E-state index >= 15 is 0 Å². The van der Waals surface area contributed by atoms with Crippen molar-refractivity contribution < 1.29 is 9.47 Å². The van der Waals surface area contributed by atoms with E-state index in [-0.39, 0.29) is 11.5 Å². The topological polar surface area (TPSA) is 40.5 Å². The van der Waals surface area contributed by atoms with Crippen LogP contribution in [0.15, 0.2) is 34.6 Å². The van der Waals surface area contributed by atoms with Crippen LogP contribution < -0.4 is 15.0 Å². The highest BCUT2D eigenvalue weighted by molar-refractivity contribution is 7.17. The lowest BCUT2D eigenvalue weighted by atomic mass is 9.96. The minimum atomic E-state index is 0.0210. The van der Waals surface area contributed by atoms with Crippen molar-refractivity contribution >= 4 is 21.4 Å². The number of hydrogen-bond donors (Lipinski definition) is 0. The van der Waals surface area contributed by atoms with Gasteiger partial charge in [-0.3, -0.25) is 4.79 Å². The lowest BCUT2D eigenvalue weighted by Crippen LogP contribution is -2.15. The molecule has 0 amide bonds. The molecule has 4 nitrogen and oxygen atoms in total. The smallest absolute Gasteiger partial charge is 0.259 e. The predicted octanol–water partition coefficient (Wildman–Crippen LogP) is 4.41. The number of methoxy groups -OCH3 is 2. The molecule has 1 aromatic carbocycles. The number of thiophene rings is 1. The average molecular weight is 343 g/mol. The van der Waals surface area contributed by atoms with E-state index in [1.807, 2.05) is 29.8 Å². The number of rotatable bonds is 4. The summed E-state index contributed by atoms with van der Waals surface area (Å²) in [5.41, 5.74) is 3.06. The first-order valence-electron chi connectivity index (χ1n) is 7.81. The molecule has 0 bridgehead atoms. The number of aryl methyl sites for hydroxylation is 1. The zero-order chi connectivity index (χ0) is 17.4. The van der Waals surface area contributed by atoms with E-state index in [4.69, 9.17) is 9.47 Å². The van der Waals surface area contributed by atoms with Crippen LogP contribution in [-0.2, 0) is 7.05 Å². The van der Waals surface area contributed by atoms with Crippen molar-refractivity contribution in [3.8, 4) is 22.6 Å². The van der Waals surface area contributed by atoms with Gasteiger partial charge in [-0.25, -0.2) is 0 Å². The molecule has 0 aliphatic heterocycles. The summed E-state index contributed by atoms with van der Waals surface area (Å²) < 4.78 is 13.8. The minimum Gasteiger partial charge on any atom is -0.496 e. The lowest BCUT2D eigenvalue weighted by molar-refractivity contribution is 0.382. The van der Waals surface area contributed by atoms with Gasteiger partial charge in [-0.1, -0.05) is 13.8 Å². The molecular weight excluding hydrogens is 322 g/mol. The Morgan fingerprint density at radius 1 is 1.12 bits per heavy atom. The molecule has 126 valence electrons. The number of nitrogens with zero attached hydrogens (tertiary/aromatic N) is 1. The summed E-state index contributed by atoms with van der Waals surface area (Å²) in [6.45, 7) is 4.23. The first kappa shape index (κ1) is 16.6. The van der Waals surface area contributed by atoms with Crippen LogP contribution in [0.4, 0.5) is 0 Å². The molecular formula is C19H21NO3S. The number of ether oxygens (including phenoxy) is 2. The molecule has 0 aliphatic carbocycles. The number of benzene rings is 1. The fraction of sp³-hybridized carbons (Fsp3) is 0.316. The first-order valence-corrected chi connectivity index (χ1v) is 8.69. The summed E-state index contributed by atoms with van der Waals surface area (Å²) in [5, 5.41) is 2.69.